The standard InChI is InChI=1S/C11H13ClN2O3/c1-7-4-3-5-9(10(7)14(16)17)11(15)13-6-8(2)12/h3-5,8H,6H2,1-2H3,(H,13,15). The first-order valence-corrected chi connectivity index (χ1v) is 5.53. The third-order valence-electron chi connectivity index (χ3n) is 2.21. The lowest BCUT2D eigenvalue weighted by atomic mass is 10.1. The number of hydrogen-bond donors (Lipinski definition) is 1. The van der Waals surface area contributed by atoms with E-state index in [1.54, 1.807) is 26.0 Å². The fraction of sp³-hybridized carbons (Fsp3) is 0.364. The van der Waals surface area contributed by atoms with Crippen molar-refractivity contribution in [2.75, 3.05) is 6.54 Å². The lowest BCUT2D eigenvalue weighted by Gasteiger charge is -2.07. The Morgan fingerprint density at radius 1 is 1.59 bits per heavy atom. The van der Waals surface area contributed by atoms with E-state index in [9.17, 15) is 14.9 Å². The minimum Gasteiger partial charge on any atom is -0.350 e. The molecule has 0 aromatic heterocycles. The average molecular weight is 257 g/mol. The number of para-hydroxylation sites is 1. The SMILES string of the molecule is Cc1cccc(C(=O)NCC(C)Cl)c1[N+](=O)[O-]. The summed E-state index contributed by atoms with van der Waals surface area (Å²) in [6, 6.07) is 4.64. The van der Waals surface area contributed by atoms with E-state index < -0.39 is 10.8 Å². The van der Waals surface area contributed by atoms with E-state index in [-0.39, 0.29) is 23.2 Å². The van der Waals surface area contributed by atoms with Crippen molar-refractivity contribution in [2.45, 2.75) is 19.2 Å². The van der Waals surface area contributed by atoms with Crippen molar-refractivity contribution in [3.8, 4) is 0 Å². The number of nitro benzene ring substituents is 1. The van der Waals surface area contributed by atoms with Gasteiger partial charge in [-0.05, 0) is 19.9 Å². The zero-order valence-corrected chi connectivity index (χ0v) is 10.3. The number of rotatable bonds is 4. The van der Waals surface area contributed by atoms with Crippen LogP contribution in [0.3, 0.4) is 0 Å². The second kappa shape index (κ2) is 5.63. The Hall–Kier alpha value is -1.62. The van der Waals surface area contributed by atoms with Gasteiger partial charge >= 0.3 is 0 Å². The van der Waals surface area contributed by atoms with E-state index >= 15 is 0 Å². The summed E-state index contributed by atoms with van der Waals surface area (Å²) in [6.45, 7) is 3.59. The zero-order chi connectivity index (χ0) is 13.0. The molecule has 0 radical (unpaired) electrons. The van der Waals surface area contributed by atoms with Crippen molar-refractivity contribution in [2.24, 2.45) is 0 Å². The summed E-state index contributed by atoms with van der Waals surface area (Å²) in [6.07, 6.45) is 0. The van der Waals surface area contributed by atoms with E-state index in [0.717, 1.165) is 0 Å². The van der Waals surface area contributed by atoms with Gasteiger partial charge in [-0.1, -0.05) is 12.1 Å². The fourth-order valence-corrected chi connectivity index (χ4v) is 1.49. The van der Waals surface area contributed by atoms with Gasteiger partial charge in [0.25, 0.3) is 11.6 Å². The molecule has 0 bridgehead atoms. The molecule has 5 nitrogen and oxygen atoms in total. The van der Waals surface area contributed by atoms with Gasteiger partial charge in [-0.2, -0.15) is 0 Å². The molecule has 0 saturated carbocycles. The molecule has 0 spiro atoms. The van der Waals surface area contributed by atoms with Crippen LogP contribution in [0.1, 0.15) is 22.8 Å². The number of halogens is 1. The van der Waals surface area contributed by atoms with Crippen molar-refractivity contribution < 1.29 is 9.72 Å². The molecule has 1 unspecified atom stereocenters. The van der Waals surface area contributed by atoms with Crippen LogP contribution in [0.15, 0.2) is 18.2 Å². The summed E-state index contributed by atoms with van der Waals surface area (Å²) < 4.78 is 0. The van der Waals surface area contributed by atoms with Crippen LogP contribution in [-0.2, 0) is 0 Å². The smallest absolute Gasteiger partial charge is 0.285 e. The van der Waals surface area contributed by atoms with Gasteiger partial charge in [-0.25, -0.2) is 0 Å². The summed E-state index contributed by atoms with van der Waals surface area (Å²) in [4.78, 5) is 22.1. The Labute approximate surface area is 104 Å². The van der Waals surface area contributed by atoms with E-state index in [4.69, 9.17) is 11.6 Å². The number of nitrogens with one attached hydrogen (secondary N) is 1. The zero-order valence-electron chi connectivity index (χ0n) is 9.57. The van der Waals surface area contributed by atoms with E-state index in [0.29, 0.717) is 5.56 Å². The largest absolute Gasteiger partial charge is 0.350 e. The molecule has 6 heteroatoms. The second-order valence-corrected chi connectivity index (χ2v) is 4.46. The Bertz CT molecular complexity index is 446. The monoisotopic (exact) mass is 256 g/mol. The summed E-state index contributed by atoms with van der Waals surface area (Å²) in [7, 11) is 0. The van der Waals surface area contributed by atoms with Crippen LogP contribution in [0.2, 0.25) is 0 Å². The summed E-state index contributed by atoms with van der Waals surface area (Å²) in [5.74, 6) is -0.479. The Balaban J connectivity index is 3.01. The molecule has 0 aliphatic heterocycles. The molecular weight excluding hydrogens is 244 g/mol. The number of nitro groups is 1. The van der Waals surface area contributed by atoms with Crippen LogP contribution in [0, 0.1) is 17.0 Å². The van der Waals surface area contributed by atoms with Crippen LogP contribution in [0.5, 0.6) is 0 Å². The van der Waals surface area contributed by atoms with Gasteiger partial charge in [0.2, 0.25) is 0 Å². The molecular formula is C11H13ClN2O3. The highest BCUT2D eigenvalue weighted by atomic mass is 35.5. The number of hydrogen-bond acceptors (Lipinski definition) is 3. The Kier molecular flexibility index (Phi) is 4.45. The third kappa shape index (κ3) is 3.42. The average Bonchev–Trinajstić information content (AvgIpc) is 2.24. The number of amides is 1. The van der Waals surface area contributed by atoms with E-state index in [1.807, 2.05) is 0 Å². The lowest BCUT2D eigenvalue weighted by Crippen LogP contribution is -2.29. The highest BCUT2D eigenvalue weighted by Gasteiger charge is 2.22. The summed E-state index contributed by atoms with van der Waals surface area (Å²) >= 11 is 5.69. The third-order valence-corrected chi connectivity index (χ3v) is 2.36. The maximum atomic E-state index is 11.8. The molecule has 1 rings (SSSR count). The van der Waals surface area contributed by atoms with Gasteiger partial charge in [0.1, 0.15) is 5.56 Å². The predicted octanol–water partition coefficient (Wildman–Crippen LogP) is 2.26. The first-order chi connectivity index (χ1) is 7.93. The second-order valence-electron chi connectivity index (χ2n) is 3.72. The van der Waals surface area contributed by atoms with Crippen LogP contribution in [0.4, 0.5) is 5.69 Å². The van der Waals surface area contributed by atoms with Gasteiger partial charge < -0.3 is 5.32 Å². The topological polar surface area (TPSA) is 72.2 Å². The van der Waals surface area contributed by atoms with Crippen LogP contribution in [-0.4, -0.2) is 22.8 Å². The summed E-state index contributed by atoms with van der Waals surface area (Å²) in [5.41, 5.74) is 0.362. The lowest BCUT2D eigenvalue weighted by molar-refractivity contribution is -0.385. The Morgan fingerprint density at radius 3 is 2.76 bits per heavy atom. The van der Waals surface area contributed by atoms with Crippen LogP contribution < -0.4 is 5.32 Å². The maximum absolute atomic E-state index is 11.8. The van der Waals surface area contributed by atoms with Crippen molar-refractivity contribution >= 4 is 23.2 Å². The van der Waals surface area contributed by atoms with E-state index in [1.165, 1.54) is 6.07 Å². The Morgan fingerprint density at radius 2 is 2.24 bits per heavy atom. The molecule has 1 N–H and O–H groups in total. The van der Waals surface area contributed by atoms with Crippen molar-refractivity contribution in [1.82, 2.24) is 5.32 Å². The predicted molar refractivity (Wildman–Crippen MR) is 65.5 cm³/mol. The molecule has 0 fully saturated rings. The van der Waals surface area contributed by atoms with E-state index in [2.05, 4.69) is 5.32 Å². The minimum absolute atomic E-state index is 0.0623. The van der Waals surface area contributed by atoms with Crippen LogP contribution in [0.25, 0.3) is 0 Å². The summed E-state index contributed by atoms with van der Waals surface area (Å²) in [5, 5.41) is 13.2. The van der Waals surface area contributed by atoms with Crippen LogP contribution >= 0.6 is 11.6 Å². The van der Waals surface area contributed by atoms with Gasteiger partial charge in [-0.15, -0.1) is 11.6 Å². The molecule has 0 aliphatic carbocycles. The quantitative estimate of drug-likeness (QED) is 0.510. The minimum atomic E-state index is -0.547. The number of carbonyl (C=O) groups excluding carboxylic acids is 1. The highest BCUT2D eigenvalue weighted by Crippen LogP contribution is 2.22. The number of carbonyl (C=O) groups is 1. The molecule has 0 aliphatic rings. The van der Waals surface area contributed by atoms with Gasteiger partial charge in [0.05, 0.1) is 4.92 Å². The molecule has 1 aromatic carbocycles. The molecule has 0 heterocycles. The van der Waals surface area contributed by atoms with Crippen molar-refractivity contribution in [1.29, 1.82) is 0 Å². The number of aryl methyl sites for hydroxylation is 1. The molecule has 1 atom stereocenters. The molecule has 1 aromatic rings. The van der Waals surface area contributed by atoms with Crippen molar-refractivity contribution in [3.05, 3.63) is 39.4 Å². The first kappa shape index (κ1) is 13.4. The number of benzene rings is 1. The molecule has 1 amide bonds. The van der Waals surface area contributed by atoms with Crippen molar-refractivity contribution in [3.63, 3.8) is 0 Å². The maximum Gasteiger partial charge on any atom is 0.285 e. The highest BCUT2D eigenvalue weighted by molar-refractivity contribution is 6.20. The molecule has 0 saturated heterocycles. The normalized spacial score (nSPS) is 11.9. The number of nitrogens with zero attached hydrogens (tertiary/aromatic N) is 1. The van der Waals surface area contributed by atoms with Gasteiger partial charge in [-0.3, -0.25) is 14.9 Å². The first-order valence-electron chi connectivity index (χ1n) is 5.09. The fourth-order valence-electron chi connectivity index (χ4n) is 1.41. The van der Waals surface area contributed by atoms with Gasteiger partial charge in [0.15, 0.2) is 0 Å². The molecule has 17 heavy (non-hydrogen) atoms. The number of alkyl halides is 1. The van der Waals surface area contributed by atoms with Gasteiger partial charge in [0, 0.05) is 17.5 Å². The molecule has 92 valence electrons.